The molecule has 2 heteroatoms. The van der Waals surface area contributed by atoms with Crippen molar-refractivity contribution in [2.45, 2.75) is 20.8 Å². The van der Waals surface area contributed by atoms with Crippen molar-refractivity contribution < 1.29 is 0 Å². The summed E-state index contributed by atoms with van der Waals surface area (Å²) in [6.07, 6.45) is 0. The van der Waals surface area contributed by atoms with Gasteiger partial charge in [0.25, 0.3) is 0 Å². The molecular weight excluding hydrogens is 296 g/mol. The average molecular weight is 310 g/mol. The minimum absolute atomic E-state index is 0.752. The zero-order valence-electron chi connectivity index (χ0n) is 10.1. The Bertz CT molecular complexity index is 550. The van der Waals surface area contributed by atoms with Gasteiger partial charge in [0.05, 0.1) is 5.02 Å². The fourth-order valence-electron chi connectivity index (χ4n) is 2.29. The van der Waals surface area contributed by atoms with E-state index in [1.807, 2.05) is 12.1 Å². The topological polar surface area (TPSA) is 0 Å². The van der Waals surface area contributed by atoms with Crippen LogP contribution in [0.3, 0.4) is 0 Å². The molecule has 0 aromatic heterocycles. The Labute approximate surface area is 116 Å². The van der Waals surface area contributed by atoms with Gasteiger partial charge in [0, 0.05) is 4.47 Å². The molecule has 0 nitrogen and oxygen atoms in total. The Kier molecular flexibility index (Phi) is 3.60. The van der Waals surface area contributed by atoms with E-state index >= 15 is 0 Å². The third kappa shape index (κ3) is 2.56. The molecule has 0 heterocycles. The third-order valence-corrected chi connectivity index (χ3v) is 4.12. The van der Waals surface area contributed by atoms with Gasteiger partial charge in [-0.3, -0.25) is 0 Å². The number of rotatable bonds is 1. The highest BCUT2D eigenvalue weighted by atomic mass is 79.9. The van der Waals surface area contributed by atoms with Crippen LogP contribution in [-0.2, 0) is 0 Å². The van der Waals surface area contributed by atoms with Crippen molar-refractivity contribution in [3.05, 3.63) is 56.5 Å². The maximum absolute atomic E-state index is 6.15. The standard InChI is InChI=1S/C15H14BrCl/c1-9-6-10(2)15(11(3)7-9)12-4-5-13(16)14(17)8-12/h4-8H,1-3H3. The van der Waals surface area contributed by atoms with E-state index < -0.39 is 0 Å². The van der Waals surface area contributed by atoms with E-state index in [1.54, 1.807) is 0 Å². The van der Waals surface area contributed by atoms with E-state index in [0.29, 0.717) is 0 Å². The first-order valence-electron chi connectivity index (χ1n) is 5.52. The highest BCUT2D eigenvalue weighted by molar-refractivity contribution is 9.10. The lowest BCUT2D eigenvalue weighted by Gasteiger charge is -2.12. The van der Waals surface area contributed by atoms with Crippen molar-refractivity contribution in [1.29, 1.82) is 0 Å². The van der Waals surface area contributed by atoms with E-state index in [-0.39, 0.29) is 0 Å². The van der Waals surface area contributed by atoms with Crippen molar-refractivity contribution in [1.82, 2.24) is 0 Å². The first kappa shape index (κ1) is 12.7. The highest BCUT2D eigenvalue weighted by Gasteiger charge is 2.08. The van der Waals surface area contributed by atoms with E-state index in [0.717, 1.165) is 9.50 Å². The monoisotopic (exact) mass is 308 g/mol. The summed E-state index contributed by atoms with van der Waals surface area (Å²) < 4.78 is 0.935. The van der Waals surface area contributed by atoms with Crippen LogP contribution in [0.2, 0.25) is 5.02 Å². The van der Waals surface area contributed by atoms with Crippen molar-refractivity contribution >= 4 is 27.5 Å². The van der Waals surface area contributed by atoms with Gasteiger partial charge >= 0.3 is 0 Å². The van der Waals surface area contributed by atoms with Crippen LogP contribution in [0, 0.1) is 20.8 Å². The number of hydrogen-bond acceptors (Lipinski definition) is 0. The molecule has 0 bridgehead atoms. The lowest BCUT2D eigenvalue weighted by Crippen LogP contribution is -1.90. The number of aryl methyl sites for hydroxylation is 3. The van der Waals surface area contributed by atoms with Crippen LogP contribution in [0.4, 0.5) is 0 Å². The molecule has 2 aromatic carbocycles. The zero-order chi connectivity index (χ0) is 12.6. The molecular formula is C15H14BrCl. The van der Waals surface area contributed by atoms with Crippen LogP contribution in [0.15, 0.2) is 34.8 Å². The van der Waals surface area contributed by atoms with Crippen molar-refractivity contribution in [2.24, 2.45) is 0 Å². The normalized spacial score (nSPS) is 10.6. The second-order valence-electron chi connectivity index (χ2n) is 4.40. The van der Waals surface area contributed by atoms with Crippen LogP contribution in [0.5, 0.6) is 0 Å². The van der Waals surface area contributed by atoms with Gasteiger partial charge in [-0.1, -0.05) is 35.4 Å². The first-order valence-corrected chi connectivity index (χ1v) is 6.69. The molecule has 0 radical (unpaired) electrons. The molecule has 0 saturated heterocycles. The first-order chi connectivity index (χ1) is 7.99. The quantitative estimate of drug-likeness (QED) is 0.634. The van der Waals surface area contributed by atoms with E-state index in [4.69, 9.17) is 11.6 Å². The fourth-order valence-corrected chi connectivity index (χ4v) is 2.71. The van der Waals surface area contributed by atoms with Gasteiger partial charge < -0.3 is 0 Å². The molecule has 17 heavy (non-hydrogen) atoms. The predicted molar refractivity (Wildman–Crippen MR) is 78.8 cm³/mol. The second kappa shape index (κ2) is 4.83. The molecule has 0 aliphatic carbocycles. The SMILES string of the molecule is Cc1cc(C)c(-c2ccc(Br)c(Cl)c2)c(C)c1. The Morgan fingerprint density at radius 3 is 2.06 bits per heavy atom. The summed E-state index contributed by atoms with van der Waals surface area (Å²) in [5.41, 5.74) is 6.34. The van der Waals surface area contributed by atoms with E-state index in [9.17, 15) is 0 Å². The maximum Gasteiger partial charge on any atom is 0.0554 e. The number of halogens is 2. The molecule has 2 aromatic rings. The van der Waals surface area contributed by atoms with Gasteiger partial charge in [-0.25, -0.2) is 0 Å². The van der Waals surface area contributed by atoms with Crippen LogP contribution < -0.4 is 0 Å². The largest absolute Gasteiger partial charge is 0.0831 e. The summed E-state index contributed by atoms with van der Waals surface area (Å²) in [7, 11) is 0. The van der Waals surface area contributed by atoms with Crippen molar-refractivity contribution in [3.8, 4) is 11.1 Å². The summed E-state index contributed by atoms with van der Waals surface area (Å²) in [4.78, 5) is 0. The van der Waals surface area contributed by atoms with E-state index in [1.165, 1.54) is 27.8 Å². The third-order valence-electron chi connectivity index (χ3n) is 2.89. The molecule has 0 saturated carbocycles. The van der Waals surface area contributed by atoms with Gasteiger partial charge in [-0.15, -0.1) is 0 Å². The molecule has 0 fully saturated rings. The lowest BCUT2D eigenvalue weighted by molar-refractivity contribution is 1.32. The van der Waals surface area contributed by atoms with Gasteiger partial charge in [0.15, 0.2) is 0 Å². The molecule has 0 amide bonds. The lowest BCUT2D eigenvalue weighted by atomic mass is 9.94. The average Bonchev–Trinajstić information content (AvgIpc) is 2.21. The molecule has 0 aliphatic heterocycles. The molecule has 0 atom stereocenters. The number of hydrogen-bond donors (Lipinski definition) is 0. The van der Waals surface area contributed by atoms with E-state index in [2.05, 4.69) is 54.9 Å². The molecule has 2 rings (SSSR count). The van der Waals surface area contributed by atoms with Gasteiger partial charge in [-0.05, 0) is 71.1 Å². The van der Waals surface area contributed by atoms with Crippen LogP contribution in [0.1, 0.15) is 16.7 Å². The summed E-state index contributed by atoms with van der Waals surface area (Å²) in [5, 5.41) is 0.752. The number of benzene rings is 2. The van der Waals surface area contributed by atoms with Gasteiger partial charge in [-0.2, -0.15) is 0 Å². The Morgan fingerprint density at radius 2 is 1.53 bits per heavy atom. The Balaban J connectivity index is 2.64. The van der Waals surface area contributed by atoms with Crippen LogP contribution in [0.25, 0.3) is 11.1 Å². The maximum atomic E-state index is 6.15. The smallest absolute Gasteiger partial charge is 0.0554 e. The molecule has 0 spiro atoms. The molecule has 0 N–H and O–H groups in total. The fraction of sp³-hybridized carbons (Fsp3) is 0.200. The summed E-state index contributed by atoms with van der Waals surface area (Å²) in [6, 6.07) is 10.5. The summed E-state index contributed by atoms with van der Waals surface area (Å²) >= 11 is 9.57. The Hall–Kier alpha value is -0.790. The van der Waals surface area contributed by atoms with Gasteiger partial charge in [0.2, 0.25) is 0 Å². The summed E-state index contributed by atoms with van der Waals surface area (Å²) in [6.45, 7) is 6.41. The van der Waals surface area contributed by atoms with Gasteiger partial charge in [0.1, 0.15) is 0 Å². The van der Waals surface area contributed by atoms with Crippen LogP contribution >= 0.6 is 27.5 Å². The molecule has 88 valence electrons. The summed E-state index contributed by atoms with van der Waals surface area (Å²) in [5.74, 6) is 0. The minimum Gasteiger partial charge on any atom is -0.0831 e. The molecule has 0 aliphatic rings. The predicted octanol–water partition coefficient (Wildman–Crippen LogP) is 5.69. The van der Waals surface area contributed by atoms with Crippen molar-refractivity contribution in [3.63, 3.8) is 0 Å². The second-order valence-corrected chi connectivity index (χ2v) is 5.66. The zero-order valence-corrected chi connectivity index (χ0v) is 12.5. The van der Waals surface area contributed by atoms with Crippen molar-refractivity contribution in [2.75, 3.05) is 0 Å². The highest BCUT2D eigenvalue weighted by Crippen LogP contribution is 2.32. The minimum atomic E-state index is 0.752. The van der Waals surface area contributed by atoms with Crippen LogP contribution in [-0.4, -0.2) is 0 Å². The molecule has 0 unspecified atom stereocenters. The Morgan fingerprint density at radius 1 is 0.941 bits per heavy atom.